The minimum Gasteiger partial charge on any atom is -0.244 e. The van der Waals surface area contributed by atoms with E-state index >= 15 is 4.39 Å². The van der Waals surface area contributed by atoms with E-state index in [1.807, 2.05) is 0 Å². The Labute approximate surface area is 128 Å². The Balaban J connectivity index is 1.79. The molecule has 0 N–H and O–H groups in total. The van der Waals surface area contributed by atoms with Gasteiger partial charge in [-0.05, 0) is 55.3 Å². The molecule has 3 aliphatic carbocycles. The fourth-order valence-corrected chi connectivity index (χ4v) is 6.23. The third kappa shape index (κ3) is 2.66. The molecule has 0 aromatic carbocycles. The summed E-state index contributed by atoms with van der Waals surface area (Å²) in [5, 5.41) is -1.61. The van der Waals surface area contributed by atoms with E-state index in [1.165, 1.54) is 0 Å². The van der Waals surface area contributed by atoms with Crippen LogP contribution in [0.2, 0.25) is 0 Å². The van der Waals surface area contributed by atoms with Crippen molar-refractivity contribution in [2.45, 2.75) is 70.1 Å². The van der Waals surface area contributed by atoms with E-state index in [0.29, 0.717) is 12.3 Å². The van der Waals surface area contributed by atoms with Crippen molar-refractivity contribution in [1.82, 2.24) is 0 Å². The van der Waals surface area contributed by atoms with Gasteiger partial charge in [-0.1, -0.05) is 35.9 Å². The van der Waals surface area contributed by atoms with E-state index in [9.17, 15) is 8.78 Å². The molecule has 0 aromatic rings. The van der Waals surface area contributed by atoms with Gasteiger partial charge in [0.2, 0.25) is 0 Å². The molecule has 0 saturated heterocycles. The fourth-order valence-electron chi connectivity index (χ4n) is 5.37. The smallest absolute Gasteiger partial charge is 0.138 e. The van der Waals surface area contributed by atoms with E-state index in [1.54, 1.807) is 6.92 Å². The second kappa shape index (κ2) is 5.69. The summed E-state index contributed by atoms with van der Waals surface area (Å²) in [5.74, 6) is -0.0117. The number of hydrogen-bond donors (Lipinski definition) is 0. The summed E-state index contributed by atoms with van der Waals surface area (Å²) in [5.41, 5.74) is 0. The van der Waals surface area contributed by atoms with E-state index in [4.69, 9.17) is 0 Å². The van der Waals surface area contributed by atoms with Crippen molar-refractivity contribution in [2.75, 3.05) is 0 Å². The third-order valence-corrected chi connectivity index (χ3v) is 7.45. The lowest BCUT2D eigenvalue weighted by molar-refractivity contribution is -0.0327. The van der Waals surface area contributed by atoms with Crippen molar-refractivity contribution in [1.29, 1.82) is 0 Å². The van der Waals surface area contributed by atoms with Crippen LogP contribution in [0.25, 0.3) is 0 Å². The molecule has 0 spiro atoms. The highest BCUT2D eigenvalue weighted by Crippen LogP contribution is 2.61. The first-order valence-corrected chi connectivity index (χ1v) is 9.16. The van der Waals surface area contributed by atoms with Crippen LogP contribution in [0.4, 0.5) is 13.2 Å². The number of alkyl halides is 3. The zero-order valence-electron chi connectivity index (χ0n) is 13.1. The highest BCUT2D eigenvalue weighted by molar-refractivity contribution is 7.18. The Hall–Kier alpha value is 0.220. The molecule has 21 heavy (non-hydrogen) atoms. The largest absolute Gasteiger partial charge is 0.244 e. The highest BCUT2D eigenvalue weighted by atomic mass is 31.0. The Bertz CT molecular complexity index is 378. The standard InChI is InChI=1S/C17H28F3P/c1-9-3-5-11(6-4-9)13-8-12-7-10(2)15(18)16(19)14(12)17(13,20)21/h9-16H,3-8,21H2,1-2H3. The van der Waals surface area contributed by atoms with Crippen molar-refractivity contribution in [3.63, 3.8) is 0 Å². The fraction of sp³-hybridized carbons (Fsp3) is 1.00. The van der Waals surface area contributed by atoms with Gasteiger partial charge in [-0.3, -0.25) is 0 Å². The monoisotopic (exact) mass is 320 g/mol. The number of rotatable bonds is 1. The maximum Gasteiger partial charge on any atom is 0.138 e. The predicted octanol–water partition coefficient (Wildman–Crippen LogP) is 5.32. The average Bonchev–Trinajstić information content (AvgIpc) is 2.68. The maximum absolute atomic E-state index is 15.4. The lowest BCUT2D eigenvalue weighted by Gasteiger charge is -2.41. The van der Waals surface area contributed by atoms with Gasteiger partial charge in [0, 0.05) is 5.92 Å². The van der Waals surface area contributed by atoms with Crippen LogP contribution in [0, 0.1) is 35.5 Å². The van der Waals surface area contributed by atoms with Crippen molar-refractivity contribution < 1.29 is 13.2 Å². The molecule has 0 radical (unpaired) electrons. The summed E-state index contributed by atoms with van der Waals surface area (Å²) in [6, 6.07) is 0. The first-order chi connectivity index (χ1) is 9.82. The van der Waals surface area contributed by atoms with Gasteiger partial charge >= 0.3 is 0 Å². The molecule has 4 heteroatoms. The van der Waals surface area contributed by atoms with Crippen LogP contribution in [-0.2, 0) is 0 Å². The van der Waals surface area contributed by atoms with Gasteiger partial charge < -0.3 is 0 Å². The number of halogens is 3. The molecule has 8 unspecified atom stereocenters. The maximum atomic E-state index is 15.4. The van der Waals surface area contributed by atoms with Gasteiger partial charge in [-0.2, -0.15) is 0 Å². The van der Waals surface area contributed by atoms with E-state index in [0.717, 1.165) is 38.0 Å². The molecule has 3 fully saturated rings. The van der Waals surface area contributed by atoms with Crippen LogP contribution >= 0.6 is 9.24 Å². The van der Waals surface area contributed by atoms with Crippen LogP contribution in [-0.4, -0.2) is 17.8 Å². The lowest BCUT2D eigenvalue weighted by atomic mass is 9.73. The molecule has 122 valence electrons. The summed E-state index contributed by atoms with van der Waals surface area (Å²) >= 11 is 0. The molecule has 3 aliphatic rings. The Morgan fingerprint density at radius 1 is 0.905 bits per heavy atom. The minimum atomic E-state index is -1.63. The van der Waals surface area contributed by atoms with E-state index in [2.05, 4.69) is 16.2 Å². The summed E-state index contributed by atoms with van der Waals surface area (Å²) in [6.07, 6.45) is 2.68. The molecule has 0 amide bonds. The third-order valence-electron chi connectivity index (χ3n) is 6.64. The quantitative estimate of drug-likeness (QED) is 0.573. The lowest BCUT2D eigenvalue weighted by Crippen LogP contribution is -2.47. The first-order valence-electron chi connectivity index (χ1n) is 8.58. The SMILES string of the molecule is CC1CCC(C2CC3CC(C)C(F)C(F)C3C2(F)P)CC1. The van der Waals surface area contributed by atoms with E-state index in [-0.39, 0.29) is 17.8 Å². The van der Waals surface area contributed by atoms with Gasteiger partial charge in [-0.15, -0.1) is 0 Å². The second-order valence-corrected chi connectivity index (χ2v) is 8.96. The van der Waals surface area contributed by atoms with Gasteiger partial charge in [0.15, 0.2) is 0 Å². The number of hydrogen-bond acceptors (Lipinski definition) is 0. The highest BCUT2D eigenvalue weighted by Gasteiger charge is 2.62. The Morgan fingerprint density at radius 3 is 2.14 bits per heavy atom. The Kier molecular flexibility index (Phi) is 4.36. The van der Waals surface area contributed by atoms with Crippen LogP contribution in [0.3, 0.4) is 0 Å². The first kappa shape index (κ1) is 16.1. The molecule has 0 nitrogen and oxygen atoms in total. The van der Waals surface area contributed by atoms with Crippen molar-refractivity contribution in [3.05, 3.63) is 0 Å². The predicted molar refractivity (Wildman–Crippen MR) is 83.3 cm³/mol. The van der Waals surface area contributed by atoms with Crippen molar-refractivity contribution >= 4 is 9.24 Å². The molecule has 0 aliphatic heterocycles. The zero-order valence-corrected chi connectivity index (χ0v) is 14.2. The molecule has 0 heterocycles. The van der Waals surface area contributed by atoms with Gasteiger partial charge in [-0.25, -0.2) is 13.2 Å². The Morgan fingerprint density at radius 2 is 1.52 bits per heavy atom. The van der Waals surface area contributed by atoms with Crippen LogP contribution in [0.5, 0.6) is 0 Å². The van der Waals surface area contributed by atoms with Crippen molar-refractivity contribution in [2.24, 2.45) is 35.5 Å². The molecule has 8 atom stereocenters. The van der Waals surface area contributed by atoms with Crippen LogP contribution in [0.1, 0.15) is 52.4 Å². The molecular weight excluding hydrogens is 292 g/mol. The van der Waals surface area contributed by atoms with Gasteiger partial charge in [0.05, 0.1) is 0 Å². The number of fused-ring (bicyclic) bond motifs is 1. The summed E-state index contributed by atoms with van der Waals surface area (Å²) in [7, 11) is 2.30. The summed E-state index contributed by atoms with van der Waals surface area (Å²) < 4.78 is 43.9. The van der Waals surface area contributed by atoms with Crippen molar-refractivity contribution in [3.8, 4) is 0 Å². The van der Waals surface area contributed by atoms with Crippen LogP contribution in [0.15, 0.2) is 0 Å². The molecule has 0 aromatic heterocycles. The molecule has 3 rings (SSSR count). The topological polar surface area (TPSA) is 0 Å². The van der Waals surface area contributed by atoms with Gasteiger partial charge in [0.25, 0.3) is 0 Å². The second-order valence-electron chi connectivity index (χ2n) is 8.08. The zero-order chi connectivity index (χ0) is 15.4. The van der Waals surface area contributed by atoms with Crippen LogP contribution < -0.4 is 0 Å². The summed E-state index contributed by atoms with van der Waals surface area (Å²) in [6.45, 7) is 4.02. The normalized spacial score (nSPS) is 58.0. The molecule has 0 bridgehead atoms. The van der Waals surface area contributed by atoms with E-state index < -0.39 is 23.7 Å². The molecular formula is C17H28F3P. The minimum absolute atomic E-state index is 0.0221. The molecule has 3 saturated carbocycles. The average molecular weight is 320 g/mol. The van der Waals surface area contributed by atoms with Gasteiger partial charge in [0.1, 0.15) is 17.8 Å². The summed E-state index contributed by atoms with van der Waals surface area (Å²) in [4.78, 5) is 0.